The number of nitrogens with zero attached hydrogens (tertiary/aromatic N) is 1. The van der Waals surface area contributed by atoms with Crippen molar-refractivity contribution in [3.8, 4) is 0 Å². The Morgan fingerprint density at radius 1 is 1.39 bits per heavy atom. The lowest BCUT2D eigenvalue weighted by Gasteiger charge is -2.17. The van der Waals surface area contributed by atoms with Crippen molar-refractivity contribution >= 4 is 45.1 Å². The number of anilines is 1. The quantitative estimate of drug-likeness (QED) is 0.629. The van der Waals surface area contributed by atoms with E-state index in [9.17, 15) is 14.0 Å². The first-order valence-corrected chi connectivity index (χ1v) is 7.44. The van der Waals surface area contributed by atoms with Gasteiger partial charge in [0.05, 0.1) is 11.3 Å². The van der Waals surface area contributed by atoms with E-state index >= 15 is 0 Å². The average Bonchev–Trinajstić information content (AvgIpc) is 2.55. The van der Waals surface area contributed by atoms with Gasteiger partial charge in [0.15, 0.2) is 0 Å². The minimum Gasteiger partial charge on any atom is -0.303 e. The number of fused-ring (bicyclic) bond motifs is 1. The number of halogens is 2. The van der Waals surface area contributed by atoms with Crippen LogP contribution in [0.25, 0.3) is 0 Å². The molecule has 1 aliphatic rings. The Labute approximate surface area is 117 Å². The third kappa shape index (κ3) is 2.31. The Balaban J connectivity index is 2.36. The van der Waals surface area contributed by atoms with Crippen LogP contribution in [0, 0.1) is 5.82 Å². The molecule has 6 heteroatoms. The summed E-state index contributed by atoms with van der Waals surface area (Å²) in [5.74, 6) is -0.0297. The van der Waals surface area contributed by atoms with E-state index in [1.165, 1.54) is 11.0 Å². The number of hydrogen-bond donors (Lipinski definition) is 0. The molecule has 1 heterocycles. The number of Topliss-reactive ketones (excluding diaryl/α,β-unsaturated/α-hetero) is 1. The summed E-state index contributed by atoms with van der Waals surface area (Å²) in [5, 5.41) is 0. The van der Waals surface area contributed by atoms with Gasteiger partial charge >= 0.3 is 0 Å². The SMILES string of the molecule is CCSCCN1C(=O)C(=O)c2cc(F)cc(Br)c21. The van der Waals surface area contributed by atoms with Gasteiger partial charge in [-0.1, -0.05) is 6.92 Å². The van der Waals surface area contributed by atoms with Crippen LogP contribution < -0.4 is 4.90 Å². The maximum atomic E-state index is 13.2. The second kappa shape index (κ2) is 5.40. The molecule has 0 atom stereocenters. The molecular weight excluding hydrogens is 321 g/mol. The van der Waals surface area contributed by atoms with Gasteiger partial charge in [0, 0.05) is 16.8 Å². The molecule has 96 valence electrons. The number of rotatable bonds is 4. The molecule has 18 heavy (non-hydrogen) atoms. The van der Waals surface area contributed by atoms with Gasteiger partial charge in [-0.3, -0.25) is 9.59 Å². The van der Waals surface area contributed by atoms with E-state index in [1.54, 1.807) is 11.8 Å². The summed E-state index contributed by atoms with van der Waals surface area (Å²) in [6, 6.07) is 2.39. The van der Waals surface area contributed by atoms with Crippen molar-refractivity contribution in [2.45, 2.75) is 6.92 Å². The lowest BCUT2D eigenvalue weighted by atomic mass is 10.1. The highest BCUT2D eigenvalue weighted by Gasteiger charge is 2.37. The van der Waals surface area contributed by atoms with E-state index in [4.69, 9.17) is 0 Å². The third-order valence-corrected chi connectivity index (χ3v) is 4.13. The highest BCUT2D eigenvalue weighted by Crippen LogP contribution is 2.36. The highest BCUT2D eigenvalue weighted by atomic mass is 79.9. The Bertz CT molecular complexity index is 521. The summed E-state index contributed by atoms with van der Waals surface area (Å²) >= 11 is 4.90. The van der Waals surface area contributed by atoms with Crippen LogP contribution in [0.5, 0.6) is 0 Å². The summed E-state index contributed by atoms with van der Waals surface area (Å²) in [4.78, 5) is 25.0. The predicted molar refractivity (Wildman–Crippen MR) is 73.8 cm³/mol. The Morgan fingerprint density at radius 2 is 2.11 bits per heavy atom. The zero-order valence-corrected chi connectivity index (χ0v) is 12.1. The standard InChI is InChI=1S/C12H11BrFNO2S/c1-2-18-4-3-15-10-8(11(16)12(15)17)5-7(14)6-9(10)13/h5-6H,2-4H2,1H3. The maximum absolute atomic E-state index is 13.2. The van der Waals surface area contributed by atoms with E-state index in [1.807, 2.05) is 6.92 Å². The third-order valence-electron chi connectivity index (χ3n) is 2.65. The van der Waals surface area contributed by atoms with Crippen LogP contribution in [0.15, 0.2) is 16.6 Å². The molecule has 0 saturated carbocycles. The van der Waals surface area contributed by atoms with Crippen LogP contribution in [0.1, 0.15) is 17.3 Å². The fraction of sp³-hybridized carbons (Fsp3) is 0.333. The van der Waals surface area contributed by atoms with E-state index < -0.39 is 17.5 Å². The van der Waals surface area contributed by atoms with Gasteiger partial charge in [-0.15, -0.1) is 0 Å². The van der Waals surface area contributed by atoms with Crippen molar-refractivity contribution in [1.29, 1.82) is 0 Å². The predicted octanol–water partition coefficient (Wildman–Crippen LogP) is 2.87. The fourth-order valence-corrected chi connectivity index (χ4v) is 3.11. The van der Waals surface area contributed by atoms with Gasteiger partial charge in [-0.25, -0.2) is 4.39 Å². The minimum absolute atomic E-state index is 0.147. The largest absolute Gasteiger partial charge is 0.303 e. The lowest BCUT2D eigenvalue weighted by molar-refractivity contribution is -0.114. The van der Waals surface area contributed by atoms with E-state index in [0.29, 0.717) is 16.7 Å². The second-order valence-electron chi connectivity index (χ2n) is 3.77. The van der Waals surface area contributed by atoms with Crippen molar-refractivity contribution in [3.05, 3.63) is 28.0 Å². The normalized spacial score (nSPS) is 14.3. The molecule has 2 rings (SSSR count). The molecule has 1 aliphatic heterocycles. The van der Waals surface area contributed by atoms with Crippen molar-refractivity contribution < 1.29 is 14.0 Å². The molecule has 1 aromatic carbocycles. The van der Waals surface area contributed by atoms with Gasteiger partial charge < -0.3 is 4.90 Å². The first kappa shape index (κ1) is 13.5. The molecule has 0 N–H and O–H groups in total. The number of ketones is 1. The molecule has 0 aromatic heterocycles. The molecule has 0 spiro atoms. The first-order valence-electron chi connectivity index (χ1n) is 5.49. The Kier molecular flexibility index (Phi) is 4.07. The zero-order chi connectivity index (χ0) is 13.3. The van der Waals surface area contributed by atoms with Crippen LogP contribution in [0.3, 0.4) is 0 Å². The summed E-state index contributed by atoms with van der Waals surface area (Å²) in [7, 11) is 0. The fourth-order valence-electron chi connectivity index (χ4n) is 1.87. The van der Waals surface area contributed by atoms with Crippen molar-refractivity contribution in [2.75, 3.05) is 23.0 Å². The average molecular weight is 332 g/mol. The van der Waals surface area contributed by atoms with Crippen LogP contribution in [0.4, 0.5) is 10.1 Å². The highest BCUT2D eigenvalue weighted by molar-refractivity contribution is 9.10. The van der Waals surface area contributed by atoms with E-state index in [0.717, 1.165) is 17.6 Å². The second-order valence-corrected chi connectivity index (χ2v) is 6.01. The van der Waals surface area contributed by atoms with Crippen LogP contribution in [0.2, 0.25) is 0 Å². The maximum Gasteiger partial charge on any atom is 0.299 e. The van der Waals surface area contributed by atoms with Crippen molar-refractivity contribution in [2.24, 2.45) is 0 Å². The molecule has 0 fully saturated rings. The molecule has 0 saturated heterocycles. The van der Waals surface area contributed by atoms with Gasteiger partial charge in [0.2, 0.25) is 0 Å². The molecule has 1 amide bonds. The summed E-state index contributed by atoms with van der Waals surface area (Å²) in [6.07, 6.45) is 0. The molecular formula is C12H11BrFNO2S. The van der Waals surface area contributed by atoms with Crippen molar-refractivity contribution in [3.63, 3.8) is 0 Å². The molecule has 0 bridgehead atoms. The van der Waals surface area contributed by atoms with Crippen LogP contribution in [-0.4, -0.2) is 29.7 Å². The molecule has 3 nitrogen and oxygen atoms in total. The Morgan fingerprint density at radius 3 is 2.78 bits per heavy atom. The smallest absolute Gasteiger partial charge is 0.299 e. The van der Waals surface area contributed by atoms with Crippen molar-refractivity contribution in [1.82, 2.24) is 0 Å². The van der Waals surface area contributed by atoms with Gasteiger partial charge in [0.1, 0.15) is 5.82 Å². The molecule has 0 unspecified atom stereocenters. The topological polar surface area (TPSA) is 37.4 Å². The number of benzene rings is 1. The summed E-state index contributed by atoms with van der Waals surface area (Å²) in [5.41, 5.74) is 0.636. The van der Waals surface area contributed by atoms with Crippen LogP contribution in [-0.2, 0) is 4.79 Å². The summed E-state index contributed by atoms with van der Waals surface area (Å²) in [6.45, 7) is 2.49. The Hall–Kier alpha value is -0.880. The van der Waals surface area contributed by atoms with E-state index in [2.05, 4.69) is 15.9 Å². The first-order chi connectivity index (χ1) is 8.56. The van der Waals surface area contributed by atoms with Gasteiger partial charge in [0.25, 0.3) is 11.7 Å². The lowest BCUT2D eigenvalue weighted by Crippen LogP contribution is -2.31. The minimum atomic E-state index is -0.633. The van der Waals surface area contributed by atoms with Gasteiger partial charge in [-0.2, -0.15) is 11.8 Å². The van der Waals surface area contributed by atoms with Gasteiger partial charge in [-0.05, 0) is 33.8 Å². The zero-order valence-electron chi connectivity index (χ0n) is 9.70. The monoisotopic (exact) mass is 331 g/mol. The number of carbonyl (C=O) groups is 2. The summed E-state index contributed by atoms with van der Waals surface area (Å²) < 4.78 is 13.7. The molecule has 1 aromatic rings. The van der Waals surface area contributed by atoms with Crippen LogP contribution >= 0.6 is 27.7 Å². The van der Waals surface area contributed by atoms with E-state index in [-0.39, 0.29) is 5.56 Å². The number of amides is 1. The molecule has 0 aliphatic carbocycles. The number of thioether (sulfide) groups is 1. The number of carbonyl (C=O) groups excluding carboxylic acids is 2. The molecule has 0 radical (unpaired) electrons. The number of hydrogen-bond acceptors (Lipinski definition) is 3.